The number of aromatic nitrogens is 2. The number of amides is 2. The van der Waals surface area contributed by atoms with Gasteiger partial charge in [0.05, 0.1) is 24.2 Å². The zero-order valence-electron chi connectivity index (χ0n) is 13.8. The normalized spacial score (nSPS) is 28.0. The van der Waals surface area contributed by atoms with Crippen LogP contribution in [0.5, 0.6) is 0 Å². The Kier molecular flexibility index (Phi) is 5.07. The van der Waals surface area contributed by atoms with Gasteiger partial charge in [0, 0.05) is 39.3 Å². The summed E-state index contributed by atoms with van der Waals surface area (Å²) in [6, 6.07) is 2.34. The van der Waals surface area contributed by atoms with E-state index in [1.807, 2.05) is 11.9 Å². The Morgan fingerprint density at radius 3 is 2.96 bits per heavy atom. The molecule has 2 fully saturated rings. The number of nitrogens with one attached hydrogen (secondary N) is 1. The van der Waals surface area contributed by atoms with Crippen molar-refractivity contribution in [2.24, 2.45) is 0 Å². The highest BCUT2D eigenvalue weighted by Crippen LogP contribution is 2.31. The van der Waals surface area contributed by atoms with Crippen molar-refractivity contribution >= 4 is 11.7 Å². The van der Waals surface area contributed by atoms with E-state index in [-0.39, 0.29) is 12.1 Å². The molecule has 7 nitrogen and oxygen atoms in total. The van der Waals surface area contributed by atoms with Gasteiger partial charge >= 0.3 is 6.03 Å². The number of hydrogen-bond acceptors (Lipinski definition) is 5. The molecule has 2 heterocycles. The number of likely N-dealkylation sites (tertiary alicyclic amines) is 1. The first-order valence-electron chi connectivity index (χ1n) is 8.26. The Hall–Kier alpha value is -1.73. The number of likely N-dealkylation sites (N-methyl/N-ethyl adjacent to an activating group) is 1. The second-order valence-corrected chi connectivity index (χ2v) is 6.38. The molecular weight excluding hydrogens is 294 g/mol. The van der Waals surface area contributed by atoms with Crippen LogP contribution in [0.3, 0.4) is 0 Å². The van der Waals surface area contributed by atoms with Crippen molar-refractivity contribution in [2.45, 2.75) is 43.9 Å². The van der Waals surface area contributed by atoms with Crippen LogP contribution in [0.25, 0.3) is 0 Å². The molecule has 2 aliphatic rings. The van der Waals surface area contributed by atoms with Gasteiger partial charge in [-0.05, 0) is 31.7 Å². The van der Waals surface area contributed by atoms with Gasteiger partial charge in [0.1, 0.15) is 0 Å². The van der Waals surface area contributed by atoms with Crippen molar-refractivity contribution in [3.05, 3.63) is 18.5 Å². The van der Waals surface area contributed by atoms with E-state index in [0.717, 1.165) is 38.8 Å². The average Bonchev–Trinajstić information content (AvgIpc) is 3.23. The van der Waals surface area contributed by atoms with Crippen LogP contribution >= 0.6 is 0 Å². The molecule has 3 atom stereocenters. The summed E-state index contributed by atoms with van der Waals surface area (Å²) in [6.07, 6.45) is 7.91. The van der Waals surface area contributed by atoms with Crippen LogP contribution in [-0.2, 0) is 4.74 Å². The fraction of sp³-hybridized carbons (Fsp3) is 0.688. The molecule has 1 aliphatic heterocycles. The molecule has 7 heteroatoms. The van der Waals surface area contributed by atoms with Gasteiger partial charge in [-0.25, -0.2) is 4.79 Å². The van der Waals surface area contributed by atoms with Gasteiger partial charge in [-0.2, -0.15) is 10.2 Å². The summed E-state index contributed by atoms with van der Waals surface area (Å²) in [5.74, 6) is 0. The molecule has 0 spiro atoms. The summed E-state index contributed by atoms with van der Waals surface area (Å²) in [4.78, 5) is 16.8. The molecule has 1 aromatic heterocycles. The van der Waals surface area contributed by atoms with Crippen LogP contribution in [0.4, 0.5) is 10.5 Å². The standard InChI is InChI=1S/C16H25N5O2/c1-20(16(22)19-12-6-8-17-18-10-12)14-4-3-5-15(14)21-9-7-13(11-21)23-2/h6,8,10,13-15H,3-5,7,9,11H2,1-2H3,(H,17,19,22)/t13?,14-,15+/m0/s1. The molecule has 1 aromatic rings. The number of anilines is 1. The monoisotopic (exact) mass is 319 g/mol. The predicted octanol–water partition coefficient (Wildman–Crippen LogP) is 1.58. The van der Waals surface area contributed by atoms with Crippen LogP contribution in [0.1, 0.15) is 25.7 Å². The van der Waals surface area contributed by atoms with Crippen LogP contribution < -0.4 is 5.32 Å². The number of carbonyl (C=O) groups excluding carboxylic acids is 1. The highest BCUT2D eigenvalue weighted by molar-refractivity contribution is 5.89. The molecule has 0 aromatic carbocycles. The third kappa shape index (κ3) is 3.61. The van der Waals surface area contributed by atoms with Crippen molar-refractivity contribution in [3.8, 4) is 0 Å². The molecule has 23 heavy (non-hydrogen) atoms. The number of rotatable bonds is 4. The molecule has 3 rings (SSSR count). The minimum absolute atomic E-state index is 0.0858. The minimum Gasteiger partial charge on any atom is -0.380 e. The maximum Gasteiger partial charge on any atom is 0.321 e. The predicted molar refractivity (Wildman–Crippen MR) is 87.2 cm³/mol. The van der Waals surface area contributed by atoms with E-state index >= 15 is 0 Å². The maximum absolute atomic E-state index is 12.5. The summed E-state index contributed by atoms with van der Waals surface area (Å²) < 4.78 is 5.48. The first-order chi connectivity index (χ1) is 11.2. The SMILES string of the molecule is COC1CCN([C@@H]2CCC[C@@H]2N(C)C(=O)Nc2ccnnc2)C1. The molecule has 1 N–H and O–H groups in total. The van der Waals surface area contributed by atoms with Crippen molar-refractivity contribution in [2.75, 3.05) is 32.6 Å². The highest BCUT2D eigenvalue weighted by Gasteiger charge is 2.39. The van der Waals surface area contributed by atoms with Crippen LogP contribution in [-0.4, -0.2) is 71.5 Å². The Labute approximate surface area is 137 Å². The first kappa shape index (κ1) is 16.1. The minimum atomic E-state index is -0.0858. The quantitative estimate of drug-likeness (QED) is 0.912. The molecule has 1 saturated heterocycles. The second-order valence-electron chi connectivity index (χ2n) is 6.38. The summed E-state index contributed by atoms with van der Waals surface area (Å²) in [7, 11) is 3.67. The third-order valence-electron chi connectivity index (χ3n) is 5.08. The molecule has 2 amide bonds. The Bertz CT molecular complexity index is 526. The fourth-order valence-corrected chi connectivity index (χ4v) is 3.77. The number of carbonyl (C=O) groups is 1. The van der Waals surface area contributed by atoms with Gasteiger partial charge in [0.2, 0.25) is 0 Å². The largest absolute Gasteiger partial charge is 0.380 e. The lowest BCUT2D eigenvalue weighted by atomic mass is 10.1. The van der Waals surface area contributed by atoms with E-state index < -0.39 is 0 Å². The number of hydrogen-bond donors (Lipinski definition) is 1. The van der Waals surface area contributed by atoms with Crippen LogP contribution in [0.2, 0.25) is 0 Å². The third-order valence-corrected chi connectivity index (χ3v) is 5.08. The van der Waals surface area contributed by atoms with Gasteiger partial charge in [0.25, 0.3) is 0 Å². The van der Waals surface area contributed by atoms with E-state index in [2.05, 4.69) is 20.4 Å². The molecule has 0 bridgehead atoms. The van der Waals surface area contributed by atoms with Gasteiger partial charge in [-0.1, -0.05) is 0 Å². The molecule has 1 unspecified atom stereocenters. The van der Waals surface area contributed by atoms with E-state index in [9.17, 15) is 4.79 Å². The topological polar surface area (TPSA) is 70.6 Å². The van der Waals surface area contributed by atoms with E-state index in [4.69, 9.17) is 4.74 Å². The summed E-state index contributed by atoms with van der Waals surface area (Å²) in [5.41, 5.74) is 0.673. The number of methoxy groups -OCH3 is 1. The lowest BCUT2D eigenvalue weighted by molar-refractivity contribution is 0.0907. The Balaban J connectivity index is 1.61. The van der Waals surface area contributed by atoms with Crippen molar-refractivity contribution in [1.82, 2.24) is 20.0 Å². The number of urea groups is 1. The lowest BCUT2D eigenvalue weighted by Crippen LogP contribution is -2.50. The first-order valence-corrected chi connectivity index (χ1v) is 8.26. The van der Waals surface area contributed by atoms with E-state index in [1.54, 1.807) is 25.6 Å². The summed E-state index contributed by atoms with van der Waals surface area (Å²) >= 11 is 0. The smallest absolute Gasteiger partial charge is 0.321 e. The molecule has 1 saturated carbocycles. The van der Waals surface area contributed by atoms with E-state index in [0.29, 0.717) is 17.8 Å². The van der Waals surface area contributed by atoms with Gasteiger partial charge in [-0.15, -0.1) is 0 Å². The molecule has 0 radical (unpaired) electrons. The van der Waals surface area contributed by atoms with Crippen molar-refractivity contribution in [3.63, 3.8) is 0 Å². The second kappa shape index (κ2) is 7.23. The number of nitrogens with zero attached hydrogens (tertiary/aromatic N) is 4. The van der Waals surface area contributed by atoms with Gasteiger partial charge in [0.15, 0.2) is 0 Å². The summed E-state index contributed by atoms with van der Waals surface area (Å²) in [5, 5.41) is 10.4. The van der Waals surface area contributed by atoms with Crippen LogP contribution in [0, 0.1) is 0 Å². The molecule has 1 aliphatic carbocycles. The van der Waals surface area contributed by atoms with Gasteiger partial charge in [-0.3, -0.25) is 4.90 Å². The zero-order chi connectivity index (χ0) is 16.2. The zero-order valence-corrected chi connectivity index (χ0v) is 13.8. The Morgan fingerprint density at radius 1 is 1.39 bits per heavy atom. The number of ether oxygens (including phenoxy) is 1. The molecule has 126 valence electrons. The highest BCUT2D eigenvalue weighted by atomic mass is 16.5. The maximum atomic E-state index is 12.5. The van der Waals surface area contributed by atoms with Crippen molar-refractivity contribution < 1.29 is 9.53 Å². The molecular formula is C16H25N5O2. The van der Waals surface area contributed by atoms with E-state index in [1.165, 1.54) is 0 Å². The average molecular weight is 319 g/mol. The fourth-order valence-electron chi connectivity index (χ4n) is 3.77. The van der Waals surface area contributed by atoms with Crippen LogP contribution in [0.15, 0.2) is 18.5 Å². The van der Waals surface area contributed by atoms with Crippen molar-refractivity contribution in [1.29, 1.82) is 0 Å². The Morgan fingerprint density at radius 2 is 2.26 bits per heavy atom. The summed E-state index contributed by atoms with van der Waals surface area (Å²) in [6.45, 7) is 2.03. The van der Waals surface area contributed by atoms with Gasteiger partial charge < -0.3 is 15.0 Å². The lowest BCUT2D eigenvalue weighted by Gasteiger charge is -2.35.